The molecule has 0 aromatic heterocycles. The molecule has 1 saturated carbocycles. The van der Waals surface area contributed by atoms with Gasteiger partial charge in [-0.2, -0.15) is 0 Å². The van der Waals surface area contributed by atoms with E-state index < -0.39 is 0 Å². The van der Waals surface area contributed by atoms with E-state index in [9.17, 15) is 4.79 Å². The number of carbonyl (C=O) groups is 1. The first-order valence-corrected chi connectivity index (χ1v) is 8.86. The number of nitrogens with zero attached hydrogens (tertiary/aromatic N) is 1. The molecule has 126 valence electrons. The van der Waals surface area contributed by atoms with E-state index >= 15 is 0 Å². The van der Waals surface area contributed by atoms with Crippen LogP contribution in [-0.4, -0.2) is 38.3 Å². The van der Waals surface area contributed by atoms with Gasteiger partial charge in [-0.15, -0.1) is 0 Å². The van der Waals surface area contributed by atoms with Gasteiger partial charge in [-0.1, -0.05) is 11.6 Å². The van der Waals surface area contributed by atoms with Gasteiger partial charge in [-0.05, 0) is 55.9 Å². The van der Waals surface area contributed by atoms with E-state index in [1.54, 1.807) is 7.11 Å². The van der Waals surface area contributed by atoms with Crippen molar-refractivity contribution in [2.24, 2.45) is 5.92 Å². The van der Waals surface area contributed by atoms with Gasteiger partial charge >= 0.3 is 0 Å². The third-order valence-corrected chi connectivity index (χ3v) is 5.40. The Morgan fingerprint density at radius 2 is 1.91 bits per heavy atom. The topological polar surface area (TPSA) is 41.6 Å². The van der Waals surface area contributed by atoms with Gasteiger partial charge in [-0.25, -0.2) is 0 Å². The first kappa shape index (κ1) is 16.6. The largest absolute Gasteiger partial charge is 0.381 e. The Labute approximate surface area is 143 Å². The molecule has 0 radical (unpaired) electrons. The molecule has 2 aliphatic rings. The number of anilines is 1. The minimum Gasteiger partial charge on any atom is -0.381 e. The normalized spacial score (nSPS) is 25.0. The lowest BCUT2D eigenvalue weighted by Gasteiger charge is -2.36. The number of hydrogen-bond acceptors (Lipinski definition) is 3. The third kappa shape index (κ3) is 4.18. The van der Waals surface area contributed by atoms with Crippen LogP contribution in [0.15, 0.2) is 24.3 Å². The summed E-state index contributed by atoms with van der Waals surface area (Å²) in [7, 11) is 1.74. The summed E-state index contributed by atoms with van der Waals surface area (Å²) in [5, 5.41) is 3.97. The van der Waals surface area contributed by atoms with Gasteiger partial charge in [0.1, 0.15) is 0 Å². The lowest BCUT2D eigenvalue weighted by Crippen LogP contribution is -2.46. The van der Waals surface area contributed by atoms with Crippen molar-refractivity contribution in [3.8, 4) is 0 Å². The number of piperidine rings is 1. The molecule has 1 N–H and O–H groups in total. The number of carbonyl (C=O) groups excluding carboxylic acids is 1. The molecule has 2 fully saturated rings. The van der Waals surface area contributed by atoms with Crippen LogP contribution in [0, 0.1) is 5.92 Å². The number of rotatable bonds is 5. The number of amides is 1. The molecular formula is C18H25ClN2O2. The fourth-order valence-electron chi connectivity index (χ4n) is 3.54. The summed E-state index contributed by atoms with van der Waals surface area (Å²) in [5.74, 6) is 0.593. The summed E-state index contributed by atoms with van der Waals surface area (Å²) in [6.07, 6.45) is 5.08. The maximum atomic E-state index is 12.2. The Kier molecular flexibility index (Phi) is 5.44. The molecule has 2 atom stereocenters. The van der Waals surface area contributed by atoms with Crippen molar-refractivity contribution in [1.29, 1.82) is 0 Å². The quantitative estimate of drug-likeness (QED) is 0.897. The van der Waals surface area contributed by atoms with Crippen molar-refractivity contribution in [2.45, 2.75) is 44.2 Å². The lowest BCUT2D eigenvalue weighted by atomic mass is 9.79. The first-order valence-electron chi connectivity index (χ1n) is 8.48. The Morgan fingerprint density at radius 3 is 2.48 bits per heavy atom. The van der Waals surface area contributed by atoms with E-state index in [-0.39, 0.29) is 12.0 Å². The van der Waals surface area contributed by atoms with Crippen LogP contribution in [0.2, 0.25) is 5.02 Å². The Balaban J connectivity index is 1.42. The van der Waals surface area contributed by atoms with E-state index in [4.69, 9.17) is 16.3 Å². The Hall–Kier alpha value is -1.26. The average Bonchev–Trinajstić information content (AvgIpc) is 2.54. The summed E-state index contributed by atoms with van der Waals surface area (Å²) in [4.78, 5) is 14.5. The SMILES string of the molecule is COC1CCC1CC(=O)NC1CCN(c2ccc(Cl)cc2)CC1. The molecule has 1 heterocycles. The second-order valence-corrected chi connectivity index (χ2v) is 7.06. The van der Waals surface area contributed by atoms with Gasteiger partial charge in [0, 0.05) is 43.4 Å². The van der Waals surface area contributed by atoms with E-state index in [0.29, 0.717) is 18.4 Å². The van der Waals surface area contributed by atoms with Crippen molar-refractivity contribution in [3.05, 3.63) is 29.3 Å². The van der Waals surface area contributed by atoms with Gasteiger partial charge in [0.25, 0.3) is 0 Å². The molecule has 23 heavy (non-hydrogen) atoms. The molecular weight excluding hydrogens is 312 g/mol. The summed E-state index contributed by atoms with van der Waals surface area (Å²) in [5.41, 5.74) is 1.21. The summed E-state index contributed by atoms with van der Waals surface area (Å²) in [6.45, 7) is 1.94. The number of nitrogens with one attached hydrogen (secondary N) is 1. The maximum Gasteiger partial charge on any atom is 0.220 e. The average molecular weight is 337 g/mol. The van der Waals surface area contributed by atoms with Gasteiger partial charge in [0.15, 0.2) is 0 Å². The van der Waals surface area contributed by atoms with E-state index in [0.717, 1.165) is 43.8 Å². The molecule has 1 aliphatic heterocycles. The zero-order chi connectivity index (χ0) is 16.2. The molecule has 1 amide bonds. The van der Waals surface area contributed by atoms with Crippen LogP contribution in [-0.2, 0) is 9.53 Å². The second kappa shape index (κ2) is 7.54. The predicted octanol–water partition coefficient (Wildman–Crippen LogP) is 3.24. The van der Waals surface area contributed by atoms with Crippen molar-refractivity contribution >= 4 is 23.2 Å². The van der Waals surface area contributed by atoms with E-state index in [1.807, 2.05) is 12.1 Å². The molecule has 0 bridgehead atoms. The van der Waals surface area contributed by atoms with Crippen LogP contribution in [0.4, 0.5) is 5.69 Å². The number of benzene rings is 1. The smallest absolute Gasteiger partial charge is 0.220 e. The number of hydrogen-bond donors (Lipinski definition) is 1. The highest BCUT2D eigenvalue weighted by atomic mass is 35.5. The minimum atomic E-state index is 0.182. The van der Waals surface area contributed by atoms with Gasteiger partial charge < -0.3 is 15.0 Å². The molecule has 1 aliphatic carbocycles. The van der Waals surface area contributed by atoms with Crippen molar-refractivity contribution in [1.82, 2.24) is 5.32 Å². The molecule has 1 saturated heterocycles. The monoisotopic (exact) mass is 336 g/mol. The lowest BCUT2D eigenvalue weighted by molar-refractivity contribution is -0.126. The van der Waals surface area contributed by atoms with E-state index in [1.165, 1.54) is 5.69 Å². The van der Waals surface area contributed by atoms with Crippen LogP contribution in [0.1, 0.15) is 32.1 Å². The van der Waals surface area contributed by atoms with Gasteiger partial charge in [0.05, 0.1) is 6.10 Å². The standard InChI is InChI=1S/C18H25ClN2O2/c1-23-17-7-2-13(17)12-18(22)20-15-8-10-21(11-9-15)16-5-3-14(19)4-6-16/h3-6,13,15,17H,2,7-12H2,1H3,(H,20,22). The highest BCUT2D eigenvalue weighted by molar-refractivity contribution is 6.30. The molecule has 3 rings (SSSR count). The maximum absolute atomic E-state index is 12.2. The zero-order valence-electron chi connectivity index (χ0n) is 13.6. The first-order chi connectivity index (χ1) is 11.2. The fraction of sp³-hybridized carbons (Fsp3) is 0.611. The van der Waals surface area contributed by atoms with E-state index in [2.05, 4.69) is 22.3 Å². The summed E-state index contributed by atoms with van der Waals surface area (Å²) >= 11 is 5.94. The van der Waals surface area contributed by atoms with Crippen LogP contribution < -0.4 is 10.2 Å². The van der Waals surface area contributed by atoms with Crippen LogP contribution in [0.25, 0.3) is 0 Å². The van der Waals surface area contributed by atoms with Gasteiger partial charge in [-0.3, -0.25) is 4.79 Å². The predicted molar refractivity (Wildman–Crippen MR) is 93.0 cm³/mol. The third-order valence-electron chi connectivity index (χ3n) is 5.15. The van der Waals surface area contributed by atoms with Crippen molar-refractivity contribution in [2.75, 3.05) is 25.1 Å². The van der Waals surface area contributed by atoms with Crippen LogP contribution >= 0.6 is 11.6 Å². The highest BCUT2D eigenvalue weighted by Gasteiger charge is 2.33. The number of halogens is 1. The Morgan fingerprint density at radius 1 is 1.22 bits per heavy atom. The van der Waals surface area contributed by atoms with Crippen molar-refractivity contribution in [3.63, 3.8) is 0 Å². The van der Waals surface area contributed by atoms with Crippen molar-refractivity contribution < 1.29 is 9.53 Å². The second-order valence-electron chi connectivity index (χ2n) is 6.62. The minimum absolute atomic E-state index is 0.182. The summed E-state index contributed by atoms with van der Waals surface area (Å²) in [6, 6.07) is 8.27. The van der Waals surface area contributed by atoms with Gasteiger partial charge in [0.2, 0.25) is 5.91 Å². The molecule has 1 aromatic rings. The zero-order valence-corrected chi connectivity index (χ0v) is 14.4. The molecule has 5 heteroatoms. The molecule has 1 aromatic carbocycles. The highest BCUT2D eigenvalue weighted by Crippen LogP contribution is 2.32. The number of ether oxygens (including phenoxy) is 1. The van der Waals surface area contributed by atoms with Crippen LogP contribution in [0.5, 0.6) is 0 Å². The van der Waals surface area contributed by atoms with Crippen LogP contribution in [0.3, 0.4) is 0 Å². The number of methoxy groups -OCH3 is 1. The Bertz CT molecular complexity index is 524. The summed E-state index contributed by atoms with van der Waals surface area (Å²) < 4.78 is 5.36. The molecule has 2 unspecified atom stereocenters. The molecule has 4 nitrogen and oxygen atoms in total. The fourth-order valence-corrected chi connectivity index (χ4v) is 3.67. The molecule has 0 spiro atoms.